The molecule has 0 aromatic heterocycles. The summed E-state index contributed by atoms with van der Waals surface area (Å²) in [5.41, 5.74) is 3.75. The van der Waals surface area contributed by atoms with Crippen molar-refractivity contribution in [3.05, 3.63) is 95.6 Å². The SMILES string of the molecule is CC(=O)C(NC(=O)c1ccccc1-c1ccccc1CNC(=O)OCc1ccccc1)C(C)C. The summed E-state index contributed by atoms with van der Waals surface area (Å²) < 4.78 is 5.30. The van der Waals surface area contributed by atoms with Crippen LogP contribution in [0.15, 0.2) is 78.9 Å². The summed E-state index contributed by atoms with van der Waals surface area (Å²) in [6, 6.07) is 23.7. The van der Waals surface area contributed by atoms with Crippen LogP contribution in [0.4, 0.5) is 4.79 Å². The number of benzene rings is 3. The third kappa shape index (κ3) is 6.54. The fourth-order valence-corrected chi connectivity index (χ4v) is 3.75. The molecule has 6 heteroatoms. The number of hydrogen-bond acceptors (Lipinski definition) is 4. The van der Waals surface area contributed by atoms with Gasteiger partial charge in [0.05, 0.1) is 6.04 Å². The molecule has 0 saturated carbocycles. The molecular formula is C28H30N2O4. The normalized spacial score (nSPS) is 11.5. The Morgan fingerprint density at radius 1 is 0.824 bits per heavy atom. The summed E-state index contributed by atoms with van der Waals surface area (Å²) >= 11 is 0. The zero-order chi connectivity index (χ0) is 24.5. The van der Waals surface area contributed by atoms with E-state index in [-0.39, 0.29) is 30.8 Å². The molecule has 1 atom stereocenters. The highest BCUT2D eigenvalue weighted by Crippen LogP contribution is 2.27. The predicted molar refractivity (Wildman–Crippen MR) is 132 cm³/mol. The van der Waals surface area contributed by atoms with Gasteiger partial charge in [-0.1, -0.05) is 86.6 Å². The minimum Gasteiger partial charge on any atom is -0.445 e. The first-order valence-corrected chi connectivity index (χ1v) is 11.3. The Bertz CT molecular complexity index is 1140. The fourth-order valence-electron chi connectivity index (χ4n) is 3.75. The van der Waals surface area contributed by atoms with Crippen molar-refractivity contribution < 1.29 is 19.1 Å². The Hall–Kier alpha value is -3.93. The zero-order valence-electron chi connectivity index (χ0n) is 19.7. The van der Waals surface area contributed by atoms with Gasteiger partial charge in [0, 0.05) is 12.1 Å². The molecule has 6 nitrogen and oxygen atoms in total. The van der Waals surface area contributed by atoms with Crippen LogP contribution in [0.1, 0.15) is 42.3 Å². The van der Waals surface area contributed by atoms with Crippen molar-refractivity contribution >= 4 is 17.8 Å². The Balaban J connectivity index is 1.75. The number of ketones is 1. The number of hydrogen-bond donors (Lipinski definition) is 2. The summed E-state index contributed by atoms with van der Waals surface area (Å²) in [4.78, 5) is 37.3. The number of nitrogens with one attached hydrogen (secondary N) is 2. The van der Waals surface area contributed by atoms with Crippen molar-refractivity contribution in [2.24, 2.45) is 5.92 Å². The van der Waals surface area contributed by atoms with Crippen LogP contribution in [-0.2, 0) is 22.7 Å². The van der Waals surface area contributed by atoms with E-state index in [4.69, 9.17) is 4.74 Å². The molecule has 0 saturated heterocycles. The largest absolute Gasteiger partial charge is 0.445 e. The third-order valence-corrected chi connectivity index (χ3v) is 5.51. The van der Waals surface area contributed by atoms with E-state index in [0.717, 1.165) is 22.3 Å². The average Bonchev–Trinajstić information content (AvgIpc) is 2.85. The van der Waals surface area contributed by atoms with Gasteiger partial charge in [-0.05, 0) is 41.2 Å². The van der Waals surface area contributed by atoms with Crippen LogP contribution in [0.3, 0.4) is 0 Å². The number of carbonyl (C=O) groups is 3. The number of rotatable bonds is 9. The molecule has 0 radical (unpaired) electrons. The maximum atomic E-state index is 13.1. The van der Waals surface area contributed by atoms with Crippen LogP contribution >= 0.6 is 0 Å². The molecular weight excluding hydrogens is 428 g/mol. The average molecular weight is 459 g/mol. The standard InChI is InChI=1S/C28H30N2O4/c1-19(2)26(20(3)31)30-27(32)25-16-10-9-15-24(25)23-14-8-7-13-22(23)17-29-28(33)34-18-21-11-5-4-6-12-21/h4-16,19,26H,17-18H2,1-3H3,(H,29,33)(H,30,32). The van der Waals surface area contributed by atoms with Gasteiger partial charge in [0.15, 0.2) is 5.78 Å². The second-order valence-corrected chi connectivity index (χ2v) is 8.42. The maximum Gasteiger partial charge on any atom is 0.407 e. The van der Waals surface area contributed by atoms with Crippen molar-refractivity contribution in [1.82, 2.24) is 10.6 Å². The highest BCUT2D eigenvalue weighted by atomic mass is 16.5. The van der Waals surface area contributed by atoms with Crippen molar-refractivity contribution in [3.8, 4) is 11.1 Å². The van der Waals surface area contributed by atoms with E-state index < -0.39 is 12.1 Å². The molecule has 0 spiro atoms. The van der Waals surface area contributed by atoms with Gasteiger partial charge in [-0.15, -0.1) is 0 Å². The van der Waals surface area contributed by atoms with Crippen molar-refractivity contribution in [3.63, 3.8) is 0 Å². The summed E-state index contributed by atoms with van der Waals surface area (Å²) in [5.74, 6) is -0.416. The highest BCUT2D eigenvalue weighted by molar-refractivity contribution is 6.03. The Labute approximate surface area is 200 Å². The van der Waals surface area contributed by atoms with Crippen molar-refractivity contribution in [1.29, 1.82) is 0 Å². The molecule has 176 valence electrons. The minimum atomic E-state index is -0.558. The molecule has 2 amide bonds. The number of alkyl carbamates (subject to hydrolysis) is 1. The highest BCUT2D eigenvalue weighted by Gasteiger charge is 2.23. The zero-order valence-corrected chi connectivity index (χ0v) is 19.7. The molecule has 3 aromatic carbocycles. The van der Waals surface area contributed by atoms with Gasteiger partial charge < -0.3 is 15.4 Å². The number of Topliss-reactive ketones (excluding diaryl/α,β-unsaturated/α-hetero) is 1. The number of amides is 2. The second kappa shape index (κ2) is 11.8. The summed E-state index contributed by atoms with van der Waals surface area (Å²) in [5, 5.41) is 5.65. The van der Waals surface area contributed by atoms with Gasteiger partial charge in [-0.2, -0.15) is 0 Å². The van der Waals surface area contributed by atoms with Gasteiger partial charge in [0.2, 0.25) is 0 Å². The molecule has 2 N–H and O–H groups in total. The van der Waals surface area contributed by atoms with E-state index in [1.54, 1.807) is 12.1 Å². The first kappa shape index (κ1) is 24.7. The lowest BCUT2D eigenvalue weighted by Gasteiger charge is -2.21. The monoisotopic (exact) mass is 458 g/mol. The van der Waals surface area contributed by atoms with Gasteiger partial charge in [0.25, 0.3) is 5.91 Å². The number of carbonyl (C=O) groups excluding carboxylic acids is 3. The van der Waals surface area contributed by atoms with Crippen LogP contribution in [0.5, 0.6) is 0 Å². The first-order valence-electron chi connectivity index (χ1n) is 11.3. The molecule has 0 aliphatic carbocycles. The summed E-state index contributed by atoms with van der Waals surface area (Å²) in [7, 11) is 0. The molecule has 0 fully saturated rings. The van der Waals surface area contributed by atoms with E-state index in [9.17, 15) is 14.4 Å². The summed E-state index contributed by atoms with van der Waals surface area (Å²) in [6.45, 7) is 5.70. The molecule has 3 rings (SSSR count). The van der Waals surface area contributed by atoms with Crippen LogP contribution < -0.4 is 10.6 Å². The smallest absolute Gasteiger partial charge is 0.407 e. The molecule has 3 aromatic rings. The molecule has 0 aliphatic heterocycles. The van der Waals surface area contributed by atoms with E-state index in [1.165, 1.54) is 6.92 Å². The minimum absolute atomic E-state index is 0.0213. The fraction of sp³-hybridized carbons (Fsp3) is 0.250. The Morgan fingerprint density at radius 3 is 2.12 bits per heavy atom. The third-order valence-electron chi connectivity index (χ3n) is 5.51. The number of ether oxygens (including phenoxy) is 1. The Kier molecular flexibility index (Phi) is 8.57. The lowest BCUT2D eigenvalue weighted by molar-refractivity contribution is -0.119. The topological polar surface area (TPSA) is 84.5 Å². The van der Waals surface area contributed by atoms with E-state index >= 15 is 0 Å². The lowest BCUT2D eigenvalue weighted by atomic mass is 9.94. The van der Waals surface area contributed by atoms with Crippen LogP contribution in [0, 0.1) is 5.92 Å². The van der Waals surface area contributed by atoms with Crippen LogP contribution in [0.2, 0.25) is 0 Å². The van der Waals surface area contributed by atoms with Crippen LogP contribution in [-0.4, -0.2) is 23.8 Å². The maximum absolute atomic E-state index is 13.1. The van der Waals surface area contributed by atoms with Crippen molar-refractivity contribution in [2.75, 3.05) is 0 Å². The van der Waals surface area contributed by atoms with Crippen LogP contribution in [0.25, 0.3) is 11.1 Å². The quantitative estimate of drug-likeness (QED) is 0.466. The van der Waals surface area contributed by atoms with Gasteiger partial charge >= 0.3 is 6.09 Å². The Morgan fingerprint density at radius 2 is 1.44 bits per heavy atom. The van der Waals surface area contributed by atoms with E-state index in [0.29, 0.717) is 5.56 Å². The van der Waals surface area contributed by atoms with Gasteiger partial charge in [-0.3, -0.25) is 9.59 Å². The van der Waals surface area contributed by atoms with E-state index in [1.807, 2.05) is 80.6 Å². The van der Waals surface area contributed by atoms with E-state index in [2.05, 4.69) is 10.6 Å². The molecule has 0 aliphatic rings. The first-order chi connectivity index (χ1) is 16.4. The molecule has 34 heavy (non-hydrogen) atoms. The lowest BCUT2D eigenvalue weighted by Crippen LogP contribution is -2.43. The molecule has 0 bridgehead atoms. The summed E-state index contributed by atoms with van der Waals surface area (Å²) in [6.07, 6.45) is -0.522. The van der Waals surface area contributed by atoms with Gasteiger partial charge in [0.1, 0.15) is 6.61 Å². The molecule has 1 unspecified atom stereocenters. The molecule has 0 heterocycles. The second-order valence-electron chi connectivity index (χ2n) is 8.42. The van der Waals surface area contributed by atoms with Gasteiger partial charge in [-0.25, -0.2) is 4.79 Å². The van der Waals surface area contributed by atoms with Crippen molar-refractivity contribution in [2.45, 2.75) is 40.0 Å². The predicted octanol–water partition coefficient (Wildman–Crippen LogP) is 5.12.